The summed E-state index contributed by atoms with van der Waals surface area (Å²) in [7, 11) is 3.40. The summed E-state index contributed by atoms with van der Waals surface area (Å²) in [5.41, 5.74) is 1.51. The topological polar surface area (TPSA) is 70.7 Å². The Balaban J connectivity index is 1.71. The molecule has 1 amide bonds. The van der Waals surface area contributed by atoms with E-state index in [1.54, 1.807) is 0 Å². The van der Waals surface area contributed by atoms with Gasteiger partial charge in [-0.1, -0.05) is 24.3 Å². The molecule has 3 rings (SSSR count). The lowest BCUT2D eigenvalue weighted by molar-refractivity contribution is -0.153. The lowest BCUT2D eigenvalue weighted by atomic mass is 9.86. The summed E-state index contributed by atoms with van der Waals surface area (Å²) in [4.78, 5) is 27.3. The van der Waals surface area contributed by atoms with Gasteiger partial charge < -0.3 is 20.3 Å². The molecule has 24 heavy (non-hydrogen) atoms. The Morgan fingerprint density at radius 3 is 2.58 bits per heavy atom. The van der Waals surface area contributed by atoms with Crippen LogP contribution in [0.15, 0.2) is 24.3 Å². The van der Waals surface area contributed by atoms with Crippen LogP contribution in [0.2, 0.25) is 0 Å². The van der Waals surface area contributed by atoms with Crippen molar-refractivity contribution in [3.05, 3.63) is 35.4 Å². The van der Waals surface area contributed by atoms with Crippen LogP contribution in [0, 0.1) is 0 Å². The summed E-state index contributed by atoms with van der Waals surface area (Å²) in [5.74, 6) is -0.473. The van der Waals surface area contributed by atoms with Gasteiger partial charge in [0.15, 0.2) is 0 Å². The highest BCUT2D eigenvalue weighted by Crippen LogP contribution is 2.24. The molecule has 1 fully saturated rings. The van der Waals surface area contributed by atoms with Crippen LogP contribution in [0.1, 0.15) is 24.0 Å². The predicted molar refractivity (Wildman–Crippen MR) is 90.4 cm³/mol. The lowest BCUT2D eigenvalue weighted by Gasteiger charge is -2.40. The first-order valence-electron chi connectivity index (χ1n) is 8.43. The van der Waals surface area contributed by atoms with E-state index < -0.39 is 5.54 Å². The van der Waals surface area contributed by atoms with Crippen molar-refractivity contribution in [2.75, 3.05) is 27.2 Å². The highest BCUT2D eigenvalue weighted by Gasteiger charge is 2.44. The number of rotatable bonds is 3. The standard InChI is InChI=1S/C18H25N3O3/c1-21-9-7-18(8-10-21,17(23)24-2)20-16(22)15-11-13-5-3-4-6-14(13)12-19-15/h3-6,15,19H,7-12H2,1-2H3,(H,20,22)/t15-/m0/s1. The third-order valence-corrected chi connectivity index (χ3v) is 5.18. The highest BCUT2D eigenvalue weighted by molar-refractivity contribution is 5.90. The maximum Gasteiger partial charge on any atom is 0.331 e. The van der Waals surface area contributed by atoms with Crippen LogP contribution < -0.4 is 10.6 Å². The van der Waals surface area contributed by atoms with E-state index in [1.807, 2.05) is 19.2 Å². The van der Waals surface area contributed by atoms with Gasteiger partial charge in [0, 0.05) is 19.6 Å². The number of amides is 1. The van der Waals surface area contributed by atoms with Crippen molar-refractivity contribution >= 4 is 11.9 Å². The maximum absolute atomic E-state index is 12.8. The normalized spacial score (nSPS) is 23.2. The fraction of sp³-hybridized carbons (Fsp3) is 0.556. The van der Waals surface area contributed by atoms with E-state index in [2.05, 4.69) is 27.7 Å². The zero-order valence-corrected chi connectivity index (χ0v) is 14.3. The van der Waals surface area contributed by atoms with Crippen molar-refractivity contribution in [1.29, 1.82) is 0 Å². The Labute approximate surface area is 142 Å². The van der Waals surface area contributed by atoms with E-state index in [9.17, 15) is 9.59 Å². The largest absolute Gasteiger partial charge is 0.467 e. The van der Waals surface area contributed by atoms with Crippen molar-refractivity contribution in [2.45, 2.75) is 37.4 Å². The van der Waals surface area contributed by atoms with Crippen LogP contribution in [-0.2, 0) is 27.3 Å². The van der Waals surface area contributed by atoms with Crippen molar-refractivity contribution in [3.63, 3.8) is 0 Å². The van der Waals surface area contributed by atoms with Gasteiger partial charge in [0.25, 0.3) is 0 Å². The molecule has 0 bridgehead atoms. The number of esters is 1. The maximum atomic E-state index is 12.8. The average molecular weight is 331 g/mol. The van der Waals surface area contributed by atoms with Crippen LogP contribution in [0.3, 0.4) is 0 Å². The molecular weight excluding hydrogens is 306 g/mol. The molecule has 6 heteroatoms. The summed E-state index contributed by atoms with van der Waals surface area (Å²) >= 11 is 0. The summed E-state index contributed by atoms with van der Waals surface area (Å²) in [6, 6.07) is 7.81. The Hall–Kier alpha value is -1.92. The fourth-order valence-corrected chi connectivity index (χ4v) is 3.54. The number of piperidine rings is 1. The molecule has 1 aromatic carbocycles. The second kappa shape index (κ2) is 6.91. The second-order valence-corrected chi connectivity index (χ2v) is 6.77. The lowest BCUT2D eigenvalue weighted by Crippen LogP contribution is -2.63. The van der Waals surface area contributed by atoms with Crippen molar-refractivity contribution in [3.8, 4) is 0 Å². The summed E-state index contributed by atoms with van der Waals surface area (Å²) < 4.78 is 4.98. The minimum absolute atomic E-state index is 0.126. The van der Waals surface area contributed by atoms with Gasteiger partial charge in [-0.2, -0.15) is 0 Å². The zero-order valence-electron chi connectivity index (χ0n) is 14.3. The molecule has 0 aromatic heterocycles. The van der Waals surface area contributed by atoms with Gasteiger partial charge in [0.2, 0.25) is 5.91 Å². The van der Waals surface area contributed by atoms with Gasteiger partial charge in [0.05, 0.1) is 13.2 Å². The monoisotopic (exact) mass is 331 g/mol. The van der Waals surface area contributed by atoms with Crippen LogP contribution in [0.5, 0.6) is 0 Å². The molecule has 2 aliphatic rings. The first kappa shape index (κ1) is 16.9. The number of hydrogen-bond acceptors (Lipinski definition) is 5. The Bertz CT molecular complexity index is 624. The smallest absolute Gasteiger partial charge is 0.331 e. The third-order valence-electron chi connectivity index (χ3n) is 5.18. The van der Waals surface area contributed by atoms with Gasteiger partial charge in [-0.3, -0.25) is 4.79 Å². The molecule has 130 valence electrons. The number of benzene rings is 1. The number of methoxy groups -OCH3 is 1. The van der Waals surface area contributed by atoms with E-state index in [4.69, 9.17) is 4.74 Å². The minimum atomic E-state index is -0.906. The van der Waals surface area contributed by atoms with Gasteiger partial charge in [-0.15, -0.1) is 0 Å². The van der Waals surface area contributed by atoms with Crippen LogP contribution in [0.25, 0.3) is 0 Å². The number of ether oxygens (including phenoxy) is 1. The van der Waals surface area contributed by atoms with Crippen LogP contribution in [0.4, 0.5) is 0 Å². The molecule has 2 aliphatic heterocycles. The van der Waals surface area contributed by atoms with E-state index in [0.29, 0.717) is 25.8 Å². The van der Waals surface area contributed by atoms with Crippen LogP contribution in [-0.4, -0.2) is 55.6 Å². The molecule has 6 nitrogen and oxygen atoms in total. The quantitative estimate of drug-likeness (QED) is 0.787. The SMILES string of the molecule is COC(=O)C1(NC(=O)[C@@H]2Cc3ccccc3CN2)CCN(C)CC1. The number of hydrogen-bond donors (Lipinski definition) is 2. The fourth-order valence-electron chi connectivity index (χ4n) is 3.54. The first-order chi connectivity index (χ1) is 11.5. The Morgan fingerprint density at radius 1 is 1.25 bits per heavy atom. The second-order valence-electron chi connectivity index (χ2n) is 6.77. The summed E-state index contributed by atoms with van der Waals surface area (Å²) in [5, 5.41) is 6.27. The zero-order chi connectivity index (χ0) is 17.2. The first-order valence-corrected chi connectivity index (χ1v) is 8.43. The third kappa shape index (κ3) is 3.30. The molecule has 0 spiro atoms. The number of fused-ring (bicyclic) bond motifs is 1. The molecular formula is C18H25N3O3. The number of nitrogens with zero attached hydrogens (tertiary/aromatic N) is 1. The number of carbonyl (C=O) groups excluding carboxylic acids is 2. The van der Waals surface area contributed by atoms with E-state index in [0.717, 1.165) is 13.1 Å². The molecule has 0 radical (unpaired) electrons. The highest BCUT2D eigenvalue weighted by atomic mass is 16.5. The summed E-state index contributed by atoms with van der Waals surface area (Å²) in [6.45, 7) is 2.19. The Kier molecular flexibility index (Phi) is 4.87. The van der Waals surface area contributed by atoms with Gasteiger partial charge in [-0.25, -0.2) is 4.79 Å². The number of carbonyl (C=O) groups is 2. The molecule has 2 N–H and O–H groups in total. The minimum Gasteiger partial charge on any atom is -0.467 e. The van der Waals surface area contributed by atoms with Gasteiger partial charge in [0.1, 0.15) is 5.54 Å². The van der Waals surface area contributed by atoms with E-state index in [-0.39, 0.29) is 17.9 Å². The molecule has 1 aromatic rings. The number of likely N-dealkylation sites (tertiary alicyclic amines) is 1. The van der Waals surface area contributed by atoms with E-state index in [1.165, 1.54) is 18.2 Å². The molecule has 2 heterocycles. The van der Waals surface area contributed by atoms with Crippen molar-refractivity contribution < 1.29 is 14.3 Å². The van der Waals surface area contributed by atoms with Crippen LogP contribution >= 0.6 is 0 Å². The average Bonchev–Trinajstić information content (AvgIpc) is 2.62. The molecule has 1 atom stereocenters. The molecule has 0 aliphatic carbocycles. The van der Waals surface area contributed by atoms with Gasteiger partial charge in [-0.05, 0) is 37.4 Å². The molecule has 1 saturated heterocycles. The van der Waals surface area contributed by atoms with Gasteiger partial charge >= 0.3 is 5.97 Å². The molecule has 0 unspecified atom stereocenters. The van der Waals surface area contributed by atoms with E-state index >= 15 is 0 Å². The van der Waals surface area contributed by atoms with Crippen molar-refractivity contribution in [2.24, 2.45) is 0 Å². The van der Waals surface area contributed by atoms with Crippen molar-refractivity contribution in [1.82, 2.24) is 15.5 Å². The summed E-state index contributed by atoms with van der Waals surface area (Å²) in [6.07, 6.45) is 1.79. The number of nitrogens with one attached hydrogen (secondary N) is 2. The predicted octanol–water partition coefficient (Wildman–Crippen LogP) is 0.455. The Morgan fingerprint density at radius 2 is 1.92 bits per heavy atom. The molecule has 0 saturated carbocycles.